The fourth-order valence-corrected chi connectivity index (χ4v) is 6.98. The van der Waals surface area contributed by atoms with Gasteiger partial charge in [-0.3, -0.25) is 0 Å². The molecule has 0 fully saturated rings. The molecule has 228 valence electrons. The van der Waals surface area contributed by atoms with Crippen molar-refractivity contribution in [1.82, 2.24) is 15.0 Å². The molecular weight excluding hydrogens is 599 g/mol. The Labute approximate surface area is 282 Å². The lowest BCUT2D eigenvalue weighted by Crippen LogP contribution is -2.00. The molecule has 0 unspecified atom stereocenters. The highest BCUT2D eigenvalue weighted by molar-refractivity contribution is 6.11. The second-order valence-electron chi connectivity index (χ2n) is 12.5. The first-order valence-electron chi connectivity index (χ1n) is 16.4. The molecule has 10 aromatic rings. The molecule has 0 atom stereocenters. The van der Waals surface area contributed by atoms with Crippen molar-refractivity contribution in [3.63, 3.8) is 0 Å². The summed E-state index contributed by atoms with van der Waals surface area (Å²) in [6.45, 7) is 0. The monoisotopic (exact) mass is 625 g/mol. The van der Waals surface area contributed by atoms with E-state index in [0.29, 0.717) is 17.5 Å². The fourth-order valence-electron chi connectivity index (χ4n) is 6.98. The maximum atomic E-state index is 6.50. The lowest BCUT2D eigenvalue weighted by molar-refractivity contribution is 0.669. The van der Waals surface area contributed by atoms with Gasteiger partial charge in [-0.1, -0.05) is 127 Å². The molecule has 0 bridgehead atoms. The van der Waals surface area contributed by atoms with Crippen molar-refractivity contribution in [2.24, 2.45) is 0 Å². The third-order valence-corrected chi connectivity index (χ3v) is 9.46. The lowest BCUT2D eigenvalue weighted by atomic mass is 9.95. The van der Waals surface area contributed by atoms with Crippen molar-refractivity contribution in [2.75, 3.05) is 0 Å². The quantitative estimate of drug-likeness (QED) is 0.195. The van der Waals surface area contributed by atoms with Crippen molar-refractivity contribution >= 4 is 54.3 Å². The van der Waals surface area contributed by atoms with Gasteiger partial charge in [-0.15, -0.1) is 0 Å². The van der Waals surface area contributed by atoms with Gasteiger partial charge in [0.1, 0.15) is 11.2 Å². The predicted molar refractivity (Wildman–Crippen MR) is 201 cm³/mol. The molecule has 2 aromatic heterocycles. The molecule has 0 aliphatic heterocycles. The van der Waals surface area contributed by atoms with Gasteiger partial charge in [-0.05, 0) is 79.8 Å². The number of nitrogens with zero attached hydrogens (tertiary/aromatic N) is 3. The van der Waals surface area contributed by atoms with Gasteiger partial charge < -0.3 is 4.42 Å². The molecule has 0 aliphatic carbocycles. The molecule has 0 aliphatic rings. The van der Waals surface area contributed by atoms with Crippen LogP contribution in [0.25, 0.3) is 99.5 Å². The molecule has 0 radical (unpaired) electrons. The normalized spacial score (nSPS) is 11.7. The van der Waals surface area contributed by atoms with E-state index in [4.69, 9.17) is 19.4 Å². The van der Waals surface area contributed by atoms with Crippen LogP contribution in [0.4, 0.5) is 0 Å². The van der Waals surface area contributed by atoms with E-state index in [1.807, 2.05) is 30.3 Å². The SMILES string of the molecule is c1ccc(-c2nc(-c3ccc4ccccc4c3)nc(-c3ccc4c(c3)oc3cc5ccc(-c6cccc7ccccc67)cc5cc34)n2)cc1. The average Bonchev–Trinajstić information content (AvgIpc) is 3.53. The molecule has 4 nitrogen and oxygen atoms in total. The highest BCUT2D eigenvalue weighted by Crippen LogP contribution is 2.37. The van der Waals surface area contributed by atoms with E-state index in [0.717, 1.165) is 49.4 Å². The summed E-state index contributed by atoms with van der Waals surface area (Å²) < 4.78 is 6.50. The van der Waals surface area contributed by atoms with E-state index < -0.39 is 0 Å². The Morgan fingerprint density at radius 2 is 0.898 bits per heavy atom. The number of rotatable bonds is 4. The molecule has 4 heteroatoms. The minimum atomic E-state index is 0.601. The molecular formula is C45H27N3O. The summed E-state index contributed by atoms with van der Waals surface area (Å²) in [6.07, 6.45) is 0. The lowest BCUT2D eigenvalue weighted by Gasteiger charge is -2.09. The maximum absolute atomic E-state index is 6.50. The van der Waals surface area contributed by atoms with Crippen LogP contribution in [-0.4, -0.2) is 15.0 Å². The van der Waals surface area contributed by atoms with Crippen LogP contribution in [0.2, 0.25) is 0 Å². The summed E-state index contributed by atoms with van der Waals surface area (Å²) in [5.41, 5.74) is 6.84. The Morgan fingerprint density at radius 3 is 1.76 bits per heavy atom. The minimum Gasteiger partial charge on any atom is -0.456 e. The first-order chi connectivity index (χ1) is 24.2. The van der Waals surface area contributed by atoms with Crippen LogP contribution in [-0.2, 0) is 0 Å². The van der Waals surface area contributed by atoms with Gasteiger partial charge in [0, 0.05) is 27.5 Å². The summed E-state index contributed by atoms with van der Waals surface area (Å²) in [6, 6.07) is 57.1. The van der Waals surface area contributed by atoms with Gasteiger partial charge in [-0.2, -0.15) is 0 Å². The Morgan fingerprint density at radius 1 is 0.306 bits per heavy atom. The summed E-state index contributed by atoms with van der Waals surface area (Å²) in [7, 11) is 0. The molecule has 0 amide bonds. The molecule has 0 N–H and O–H groups in total. The molecule has 0 saturated carbocycles. The topological polar surface area (TPSA) is 51.8 Å². The van der Waals surface area contributed by atoms with Crippen LogP contribution < -0.4 is 0 Å². The zero-order chi connectivity index (χ0) is 32.3. The Bertz CT molecular complexity index is 2890. The summed E-state index contributed by atoms with van der Waals surface area (Å²) in [5.74, 6) is 1.86. The van der Waals surface area contributed by atoms with Crippen LogP contribution >= 0.6 is 0 Å². The molecule has 2 heterocycles. The zero-order valence-electron chi connectivity index (χ0n) is 26.3. The van der Waals surface area contributed by atoms with E-state index in [1.54, 1.807) is 0 Å². The van der Waals surface area contributed by atoms with Crippen molar-refractivity contribution in [1.29, 1.82) is 0 Å². The Balaban J connectivity index is 1.10. The average molecular weight is 626 g/mol. The molecule has 8 aromatic carbocycles. The van der Waals surface area contributed by atoms with Crippen LogP contribution in [0, 0.1) is 0 Å². The minimum absolute atomic E-state index is 0.601. The van der Waals surface area contributed by atoms with E-state index in [1.165, 1.54) is 32.7 Å². The number of aromatic nitrogens is 3. The van der Waals surface area contributed by atoms with E-state index >= 15 is 0 Å². The number of hydrogen-bond acceptors (Lipinski definition) is 4. The van der Waals surface area contributed by atoms with Crippen molar-refractivity contribution in [3.05, 3.63) is 164 Å². The highest BCUT2D eigenvalue weighted by Gasteiger charge is 2.16. The second kappa shape index (κ2) is 11.0. The van der Waals surface area contributed by atoms with Gasteiger partial charge in [0.15, 0.2) is 17.5 Å². The second-order valence-corrected chi connectivity index (χ2v) is 12.5. The van der Waals surface area contributed by atoms with Gasteiger partial charge in [0.05, 0.1) is 0 Å². The van der Waals surface area contributed by atoms with Crippen LogP contribution in [0.15, 0.2) is 168 Å². The predicted octanol–water partition coefficient (Wildman–Crippen LogP) is 11.9. The van der Waals surface area contributed by atoms with Gasteiger partial charge >= 0.3 is 0 Å². The number of hydrogen-bond donors (Lipinski definition) is 0. The molecule has 49 heavy (non-hydrogen) atoms. The van der Waals surface area contributed by atoms with Crippen LogP contribution in [0.5, 0.6) is 0 Å². The van der Waals surface area contributed by atoms with Gasteiger partial charge in [0.2, 0.25) is 0 Å². The third-order valence-electron chi connectivity index (χ3n) is 9.46. The molecule has 10 rings (SSSR count). The van der Waals surface area contributed by atoms with Crippen molar-refractivity contribution in [3.8, 4) is 45.3 Å². The van der Waals surface area contributed by atoms with E-state index in [-0.39, 0.29) is 0 Å². The first kappa shape index (κ1) is 27.5. The third kappa shape index (κ3) is 4.73. The largest absolute Gasteiger partial charge is 0.456 e. The van der Waals surface area contributed by atoms with Crippen molar-refractivity contribution < 1.29 is 4.42 Å². The van der Waals surface area contributed by atoms with Crippen molar-refractivity contribution in [2.45, 2.75) is 0 Å². The van der Waals surface area contributed by atoms with Crippen LogP contribution in [0.3, 0.4) is 0 Å². The van der Waals surface area contributed by atoms with Gasteiger partial charge in [0.25, 0.3) is 0 Å². The summed E-state index contributed by atoms with van der Waals surface area (Å²) in [4.78, 5) is 14.9. The number of furan rings is 1. The molecule has 0 spiro atoms. The number of fused-ring (bicyclic) bond motifs is 6. The van der Waals surface area contributed by atoms with E-state index in [2.05, 4.69) is 133 Å². The first-order valence-corrected chi connectivity index (χ1v) is 16.4. The standard InChI is InChI=1S/C45H27N3O/c1-2-11-30(12-3-1)43-46-44(34-20-17-28-9-4-5-13-31(28)23-34)48-45(47-43)35-21-22-39-40-25-36-24-33(19-18-32(36)26-42(40)49-41(39)27-35)38-16-8-14-29-10-6-7-15-37(29)38/h1-27H. The Hall–Kier alpha value is -6.65. The Kier molecular flexibility index (Phi) is 6.15. The smallest absolute Gasteiger partial charge is 0.164 e. The summed E-state index contributed by atoms with van der Waals surface area (Å²) in [5, 5.41) is 9.27. The maximum Gasteiger partial charge on any atom is 0.164 e. The van der Waals surface area contributed by atoms with E-state index in [9.17, 15) is 0 Å². The molecule has 0 saturated heterocycles. The highest BCUT2D eigenvalue weighted by atomic mass is 16.3. The van der Waals surface area contributed by atoms with Gasteiger partial charge in [-0.25, -0.2) is 15.0 Å². The van der Waals surface area contributed by atoms with Crippen LogP contribution in [0.1, 0.15) is 0 Å². The zero-order valence-corrected chi connectivity index (χ0v) is 26.3. The number of benzene rings is 8. The fraction of sp³-hybridized carbons (Fsp3) is 0. The summed E-state index contributed by atoms with van der Waals surface area (Å²) >= 11 is 0.